The Morgan fingerprint density at radius 3 is 2.18 bits per heavy atom. The molecule has 1 aliphatic rings. The lowest BCUT2D eigenvalue weighted by molar-refractivity contribution is -0.141. The average molecular weight is 655 g/mol. The number of aromatic nitrogens is 4. The maximum Gasteiger partial charge on any atom is 0.425 e. The number of rotatable bonds is 13. The number of piperazine rings is 1. The Hall–Kier alpha value is -3.25. The predicted octanol–water partition coefficient (Wildman–Crippen LogP) is 3.91. The number of carbonyl (C=O) groups excluding carboxylic acids is 1. The van der Waals surface area contributed by atoms with Crippen LogP contribution < -0.4 is 15.2 Å². The Bertz CT molecular complexity index is 1290. The van der Waals surface area contributed by atoms with Gasteiger partial charge in [0.25, 0.3) is 5.56 Å². The maximum absolute atomic E-state index is 13.7. The number of hydrogen-bond donors (Lipinski definition) is 0. The summed E-state index contributed by atoms with van der Waals surface area (Å²) < 4.78 is 96.1. The standard InChI is InChI=1S/C26H36F6N6O5Si/c1-18(16-43-20-15-35-38(17-41-11-12-44(2,3)4)23(40)22(20)26(30,31)32)42-10-5-21(39)36-6-8-37(9-7-36)24-33-13-19(14-34-24)25(27,28)29/h13-15,18H,5-12,16-17H2,1-4H3. The Morgan fingerprint density at radius 2 is 1.61 bits per heavy atom. The van der Waals surface area contributed by atoms with Crippen molar-refractivity contribution in [1.29, 1.82) is 0 Å². The van der Waals surface area contributed by atoms with E-state index in [1.807, 2.05) is 0 Å². The van der Waals surface area contributed by atoms with Gasteiger partial charge in [0.15, 0.2) is 11.3 Å². The van der Waals surface area contributed by atoms with E-state index in [0.717, 1.165) is 12.2 Å². The molecule has 18 heteroatoms. The van der Waals surface area contributed by atoms with Gasteiger partial charge in [0.2, 0.25) is 11.9 Å². The van der Waals surface area contributed by atoms with Crippen LogP contribution in [0.5, 0.6) is 5.75 Å². The quantitative estimate of drug-likeness (QED) is 0.180. The van der Waals surface area contributed by atoms with Crippen molar-refractivity contribution >= 4 is 19.9 Å². The number of anilines is 1. The molecular formula is C26H36F6N6O5Si. The molecule has 1 aliphatic heterocycles. The van der Waals surface area contributed by atoms with Crippen LogP contribution in [0.4, 0.5) is 32.3 Å². The van der Waals surface area contributed by atoms with Crippen molar-refractivity contribution < 1.29 is 45.3 Å². The van der Waals surface area contributed by atoms with E-state index in [1.165, 1.54) is 0 Å². The first-order valence-electron chi connectivity index (χ1n) is 13.9. The van der Waals surface area contributed by atoms with Gasteiger partial charge in [-0.05, 0) is 13.0 Å². The summed E-state index contributed by atoms with van der Waals surface area (Å²) in [5.41, 5.74) is -3.83. The van der Waals surface area contributed by atoms with E-state index < -0.39 is 55.7 Å². The number of ether oxygens (including phenoxy) is 3. The summed E-state index contributed by atoms with van der Waals surface area (Å²) in [5, 5.41) is 3.76. The third-order valence-corrected chi connectivity index (χ3v) is 8.28. The molecule has 246 valence electrons. The molecule has 1 fully saturated rings. The third kappa shape index (κ3) is 10.4. The molecule has 3 heterocycles. The topological polar surface area (TPSA) is 112 Å². The van der Waals surface area contributed by atoms with Crippen molar-refractivity contribution in [2.75, 3.05) is 50.9 Å². The Kier molecular flexibility index (Phi) is 11.8. The summed E-state index contributed by atoms with van der Waals surface area (Å²) in [4.78, 5) is 35.9. The second-order valence-electron chi connectivity index (χ2n) is 11.4. The van der Waals surface area contributed by atoms with Crippen LogP contribution in [-0.4, -0.2) is 90.7 Å². The first-order valence-corrected chi connectivity index (χ1v) is 17.6. The molecule has 2 aromatic rings. The highest BCUT2D eigenvalue weighted by atomic mass is 28.3. The van der Waals surface area contributed by atoms with Gasteiger partial charge in [0, 0.05) is 53.3 Å². The number of hydrogen-bond acceptors (Lipinski definition) is 9. The van der Waals surface area contributed by atoms with Crippen LogP contribution >= 0.6 is 0 Å². The first kappa shape index (κ1) is 35.2. The lowest BCUT2D eigenvalue weighted by Crippen LogP contribution is -2.49. The summed E-state index contributed by atoms with van der Waals surface area (Å²) >= 11 is 0. The van der Waals surface area contributed by atoms with E-state index in [9.17, 15) is 35.9 Å². The van der Waals surface area contributed by atoms with Crippen LogP contribution in [0.25, 0.3) is 0 Å². The molecule has 0 aromatic carbocycles. The van der Waals surface area contributed by atoms with Gasteiger partial charge in [-0.3, -0.25) is 9.59 Å². The number of amides is 1. The molecule has 1 atom stereocenters. The van der Waals surface area contributed by atoms with Gasteiger partial charge in [-0.2, -0.15) is 31.4 Å². The molecule has 11 nitrogen and oxygen atoms in total. The van der Waals surface area contributed by atoms with Crippen molar-refractivity contribution in [1.82, 2.24) is 24.6 Å². The smallest absolute Gasteiger partial charge is 0.425 e. The molecule has 3 rings (SSSR count). The van der Waals surface area contributed by atoms with Crippen molar-refractivity contribution in [2.24, 2.45) is 0 Å². The van der Waals surface area contributed by atoms with Crippen molar-refractivity contribution in [3.05, 3.63) is 40.1 Å². The van der Waals surface area contributed by atoms with Crippen LogP contribution in [0, 0.1) is 0 Å². The normalized spacial score (nSPS) is 15.4. The molecule has 1 amide bonds. The van der Waals surface area contributed by atoms with Crippen LogP contribution in [0.15, 0.2) is 23.4 Å². The summed E-state index contributed by atoms with van der Waals surface area (Å²) in [6, 6.07) is 0.774. The van der Waals surface area contributed by atoms with E-state index >= 15 is 0 Å². The highest BCUT2D eigenvalue weighted by Gasteiger charge is 2.39. The van der Waals surface area contributed by atoms with Gasteiger partial charge in [-0.25, -0.2) is 14.6 Å². The lowest BCUT2D eigenvalue weighted by atomic mass is 10.2. The van der Waals surface area contributed by atoms with Crippen LogP contribution in [0.1, 0.15) is 24.5 Å². The fraction of sp³-hybridized carbons (Fsp3) is 0.654. The zero-order valence-electron chi connectivity index (χ0n) is 24.9. The fourth-order valence-electron chi connectivity index (χ4n) is 4.01. The molecule has 0 N–H and O–H groups in total. The molecule has 2 aromatic heterocycles. The summed E-state index contributed by atoms with van der Waals surface area (Å²) in [6.07, 6.45) is -8.02. The largest absolute Gasteiger partial charge is 0.488 e. The van der Waals surface area contributed by atoms with Crippen molar-refractivity contribution in [3.8, 4) is 5.75 Å². The molecule has 0 bridgehead atoms. The summed E-state index contributed by atoms with van der Waals surface area (Å²) in [5.74, 6) is -0.832. The van der Waals surface area contributed by atoms with Crippen LogP contribution in [-0.2, 0) is 33.4 Å². The third-order valence-electron chi connectivity index (χ3n) is 6.58. The monoisotopic (exact) mass is 654 g/mol. The molecule has 0 saturated carbocycles. The van der Waals surface area contributed by atoms with Gasteiger partial charge in [-0.1, -0.05) is 19.6 Å². The molecule has 1 unspecified atom stereocenters. The van der Waals surface area contributed by atoms with Crippen LogP contribution in [0.2, 0.25) is 25.7 Å². The minimum atomic E-state index is -4.99. The van der Waals surface area contributed by atoms with Gasteiger partial charge in [0.05, 0.1) is 30.9 Å². The average Bonchev–Trinajstić information content (AvgIpc) is 2.93. The Balaban J connectivity index is 1.44. The summed E-state index contributed by atoms with van der Waals surface area (Å²) in [6.45, 7) is 8.64. The van der Waals surface area contributed by atoms with Crippen molar-refractivity contribution in [2.45, 2.75) is 64.2 Å². The zero-order valence-corrected chi connectivity index (χ0v) is 25.9. The number of nitrogens with zero attached hydrogens (tertiary/aromatic N) is 6. The highest BCUT2D eigenvalue weighted by Crippen LogP contribution is 2.33. The maximum atomic E-state index is 13.7. The van der Waals surface area contributed by atoms with E-state index in [4.69, 9.17) is 14.2 Å². The fourth-order valence-corrected chi connectivity index (χ4v) is 4.77. The number of carbonyl (C=O) groups is 1. The lowest BCUT2D eigenvalue weighted by Gasteiger charge is -2.34. The summed E-state index contributed by atoms with van der Waals surface area (Å²) in [7, 11) is -1.42. The number of halogens is 6. The molecule has 0 aliphatic carbocycles. The van der Waals surface area contributed by atoms with E-state index in [2.05, 4.69) is 34.7 Å². The Labute approximate surface area is 251 Å². The van der Waals surface area contributed by atoms with E-state index in [0.29, 0.717) is 49.9 Å². The minimum Gasteiger partial charge on any atom is -0.488 e. The molecule has 1 saturated heterocycles. The molecule has 0 spiro atoms. The SMILES string of the molecule is CC(COc1cnn(COCC[Si](C)(C)C)c(=O)c1C(F)(F)F)OCCC(=O)N1CCN(c2ncc(C(F)(F)F)cn2)CC1. The van der Waals surface area contributed by atoms with Gasteiger partial charge >= 0.3 is 12.4 Å². The van der Waals surface area contributed by atoms with Gasteiger partial charge in [-0.15, -0.1) is 0 Å². The molecule has 44 heavy (non-hydrogen) atoms. The van der Waals surface area contributed by atoms with E-state index in [-0.39, 0.29) is 31.5 Å². The highest BCUT2D eigenvalue weighted by molar-refractivity contribution is 6.76. The molecular weight excluding hydrogens is 618 g/mol. The zero-order chi connectivity index (χ0) is 32.7. The minimum absolute atomic E-state index is 0.00970. The van der Waals surface area contributed by atoms with Gasteiger partial charge in [0.1, 0.15) is 13.3 Å². The molecule has 0 radical (unpaired) electrons. The number of alkyl halides is 6. The van der Waals surface area contributed by atoms with Gasteiger partial charge < -0.3 is 24.0 Å². The van der Waals surface area contributed by atoms with Crippen molar-refractivity contribution in [3.63, 3.8) is 0 Å². The Morgan fingerprint density at radius 1 is 0.977 bits per heavy atom. The van der Waals surface area contributed by atoms with Crippen LogP contribution in [0.3, 0.4) is 0 Å². The van der Waals surface area contributed by atoms with E-state index in [1.54, 1.807) is 16.7 Å². The first-order chi connectivity index (χ1) is 20.5. The second kappa shape index (κ2) is 14.7. The second-order valence-corrected chi connectivity index (χ2v) is 17.0. The predicted molar refractivity (Wildman–Crippen MR) is 149 cm³/mol.